The van der Waals surface area contributed by atoms with Crippen LogP contribution < -0.4 is 10.6 Å². The Hall–Kier alpha value is -1.79. The maximum Gasteiger partial charge on any atom is 0.243 e. The Morgan fingerprint density at radius 1 is 1.28 bits per heavy atom. The highest BCUT2D eigenvalue weighted by molar-refractivity contribution is 5.73. The summed E-state index contributed by atoms with van der Waals surface area (Å²) in [6.45, 7) is 3.22. The average Bonchev–Trinajstić information content (AvgIpc) is 2.46. The van der Waals surface area contributed by atoms with Gasteiger partial charge in [0.2, 0.25) is 5.95 Å². The van der Waals surface area contributed by atoms with E-state index in [9.17, 15) is 0 Å². The lowest BCUT2D eigenvalue weighted by Crippen LogP contribution is -2.42. The highest BCUT2D eigenvalue weighted by Crippen LogP contribution is 2.09. The molecule has 0 saturated carbocycles. The minimum absolute atomic E-state index is 0.161. The van der Waals surface area contributed by atoms with Crippen molar-refractivity contribution in [2.24, 2.45) is 0 Å². The molecule has 94 valence electrons. The van der Waals surface area contributed by atoms with Crippen molar-refractivity contribution in [3.63, 3.8) is 0 Å². The minimum Gasteiger partial charge on any atom is -0.374 e. The van der Waals surface area contributed by atoms with Crippen molar-refractivity contribution >= 4 is 17.0 Å². The van der Waals surface area contributed by atoms with Gasteiger partial charge < -0.3 is 15.4 Å². The quantitative estimate of drug-likeness (QED) is 0.817. The Morgan fingerprint density at radius 2 is 2.17 bits per heavy atom. The number of morpholine rings is 1. The summed E-state index contributed by atoms with van der Waals surface area (Å²) in [5, 5.41) is 14.6. The molecular formula is C12H15N5O. The SMILES string of the molecule is c1ccc2nc(NCC3CNCCO3)nnc2c1. The van der Waals surface area contributed by atoms with E-state index in [0.29, 0.717) is 12.5 Å². The number of ether oxygens (including phenoxy) is 1. The summed E-state index contributed by atoms with van der Waals surface area (Å²) < 4.78 is 5.59. The van der Waals surface area contributed by atoms with Gasteiger partial charge in [0.1, 0.15) is 5.52 Å². The second kappa shape index (κ2) is 5.24. The average molecular weight is 245 g/mol. The molecule has 18 heavy (non-hydrogen) atoms. The number of anilines is 1. The van der Waals surface area contributed by atoms with Crippen molar-refractivity contribution in [1.82, 2.24) is 20.5 Å². The van der Waals surface area contributed by atoms with E-state index in [4.69, 9.17) is 4.74 Å². The van der Waals surface area contributed by atoms with Gasteiger partial charge in [-0.05, 0) is 12.1 Å². The number of hydrogen-bond donors (Lipinski definition) is 2. The molecule has 1 unspecified atom stereocenters. The lowest BCUT2D eigenvalue weighted by Gasteiger charge is -2.23. The van der Waals surface area contributed by atoms with Gasteiger partial charge in [-0.15, -0.1) is 10.2 Å². The van der Waals surface area contributed by atoms with Gasteiger partial charge >= 0.3 is 0 Å². The predicted octanol–water partition coefficient (Wildman–Crippen LogP) is 0.425. The van der Waals surface area contributed by atoms with E-state index in [1.807, 2.05) is 24.3 Å². The molecule has 6 heteroatoms. The van der Waals surface area contributed by atoms with Gasteiger partial charge in [-0.1, -0.05) is 12.1 Å². The summed E-state index contributed by atoms with van der Waals surface area (Å²) in [6.07, 6.45) is 0.161. The second-order valence-electron chi connectivity index (χ2n) is 4.20. The van der Waals surface area contributed by atoms with Crippen LogP contribution in [0.4, 0.5) is 5.95 Å². The monoisotopic (exact) mass is 245 g/mol. The molecular weight excluding hydrogens is 230 g/mol. The zero-order chi connectivity index (χ0) is 12.2. The van der Waals surface area contributed by atoms with Crippen molar-refractivity contribution in [3.8, 4) is 0 Å². The molecule has 1 saturated heterocycles. The molecule has 0 amide bonds. The molecule has 1 aliphatic heterocycles. The molecule has 2 N–H and O–H groups in total. The van der Waals surface area contributed by atoms with Crippen LogP contribution >= 0.6 is 0 Å². The summed E-state index contributed by atoms with van der Waals surface area (Å²) >= 11 is 0. The van der Waals surface area contributed by atoms with Gasteiger partial charge in [0.25, 0.3) is 0 Å². The normalized spacial score (nSPS) is 19.9. The zero-order valence-corrected chi connectivity index (χ0v) is 9.97. The number of aromatic nitrogens is 3. The number of nitrogens with zero attached hydrogens (tertiary/aromatic N) is 3. The Morgan fingerprint density at radius 3 is 3.00 bits per heavy atom. The Bertz CT molecular complexity index is 527. The van der Waals surface area contributed by atoms with Crippen LogP contribution in [0.25, 0.3) is 11.0 Å². The maximum atomic E-state index is 5.59. The minimum atomic E-state index is 0.161. The molecule has 1 aromatic carbocycles. The standard InChI is InChI=1S/C12H15N5O/c1-2-4-11-10(3-1)15-12(17-16-11)14-8-9-7-13-5-6-18-9/h1-4,9,13H,5-8H2,(H,14,15,17). The molecule has 2 heterocycles. The van der Waals surface area contributed by atoms with Crippen molar-refractivity contribution in [1.29, 1.82) is 0 Å². The van der Waals surface area contributed by atoms with Crippen molar-refractivity contribution in [2.75, 3.05) is 31.6 Å². The summed E-state index contributed by atoms with van der Waals surface area (Å²) in [7, 11) is 0. The molecule has 0 bridgehead atoms. The first kappa shape index (κ1) is 11.3. The highest BCUT2D eigenvalue weighted by atomic mass is 16.5. The third-order valence-corrected chi connectivity index (χ3v) is 2.85. The molecule has 1 fully saturated rings. The number of benzene rings is 1. The van der Waals surface area contributed by atoms with E-state index in [2.05, 4.69) is 25.8 Å². The lowest BCUT2D eigenvalue weighted by atomic mass is 10.3. The van der Waals surface area contributed by atoms with E-state index in [1.54, 1.807) is 0 Å². The van der Waals surface area contributed by atoms with Crippen molar-refractivity contribution in [2.45, 2.75) is 6.10 Å². The van der Waals surface area contributed by atoms with Crippen LogP contribution in [0.15, 0.2) is 24.3 Å². The van der Waals surface area contributed by atoms with Crippen LogP contribution in [0.2, 0.25) is 0 Å². The number of fused-ring (bicyclic) bond motifs is 1. The van der Waals surface area contributed by atoms with Gasteiger partial charge in [0.15, 0.2) is 0 Å². The van der Waals surface area contributed by atoms with Crippen LogP contribution in [-0.2, 0) is 4.74 Å². The number of rotatable bonds is 3. The Labute approximate surface area is 105 Å². The van der Waals surface area contributed by atoms with Gasteiger partial charge in [-0.3, -0.25) is 0 Å². The van der Waals surface area contributed by atoms with Crippen molar-refractivity contribution < 1.29 is 4.74 Å². The number of hydrogen-bond acceptors (Lipinski definition) is 6. The van der Waals surface area contributed by atoms with Crippen LogP contribution in [0, 0.1) is 0 Å². The maximum absolute atomic E-state index is 5.59. The van der Waals surface area contributed by atoms with Crippen LogP contribution in [0.5, 0.6) is 0 Å². The number of nitrogens with one attached hydrogen (secondary N) is 2. The van der Waals surface area contributed by atoms with E-state index in [1.165, 1.54) is 0 Å². The first-order valence-corrected chi connectivity index (χ1v) is 6.07. The molecule has 1 atom stereocenters. The van der Waals surface area contributed by atoms with E-state index >= 15 is 0 Å². The van der Waals surface area contributed by atoms with E-state index < -0.39 is 0 Å². The fraction of sp³-hybridized carbons (Fsp3) is 0.417. The fourth-order valence-corrected chi connectivity index (χ4v) is 1.91. The van der Waals surface area contributed by atoms with Gasteiger partial charge in [-0.2, -0.15) is 0 Å². The fourth-order valence-electron chi connectivity index (χ4n) is 1.91. The highest BCUT2D eigenvalue weighted by Gasteiger charge is 2.13. The summed E-state index contributed by atoms with van der Waals surface area (Å²) in [4.78, 5) is 4.40. The molecule has 2 aromatic rings. The molecule has 1 aliphatic rings. The summed E-state index contributed by atoms with van der Waals surface area (Å²) in [5.41, 5.74) is 1.65. The van der Waals surface area contributed by atoms with E-state index in [0.717, 1.165) is 30.7 Å². The van der Waals surface area contributed by atoms with Crippen LogP contribution in [0.1, 0.15) is 0 Å². The largest absolute Gasteiger partial charge is 0.374 e. The van der Waals surface area contributed by atoms with Gasteiger partial charge in [0, 0.05) is 19.6 Å². The molecule has 0 radical (unpaired) electrons. The predicted molar refractivity (Wildman–Crippen MR) is 68.4 cm³/mol. The lowest BCUT2D eigenvalue weighted by molar-refractivity contribution is 0.0371. The first-order valence-electron chi connectivity index (χ1n) is 6.07. The first-order chi connectivity index (χ1) is 8.92. The van der Waals surface area contributed by atoms with E-state index in [-0.39, 0.29) is 6.10 Å². The van der Waals surface area contributed by atoms with Gasteiger partial charge in [-0.25, -0.2) is 4.98 Å². The molecule has 3 rings (SSSR count). The topological polar surface area (TPSA) is 72.0 Å². The molecule has 6 nitrogen and oxygen atoms in total. The van der Waals surface area contributed by atoms with Gasteiger partial charge in [0.05, 0.1) is 18.2 Å². The third kappa shape index (κ3) is 2.55. The smallest absolute Gasteiger partial charge is 0.243 e. The third-order valence-electron chi connectivity index (χ3n) is 2.85. The summed E-state index contributed by atoms with van der Waals surface area (Å²) in [6, 6.07) is 7.68. The zero-order valence-electron chi connectivity index (χ0n) is 9.97. The molecule has 1 aromatic heterocycles. The Kier molecular flexibility index (Phi) is 3.29. The molecule has 0 spiro atoms. The number of para-hydroxylation sites is 1. The van der Waals surface area contributed by atoms with Crippen LogP contribution in [0.3, 0.4) is 0 Å². The van der Waals surface area contributed by atoms with Crippen LogP contribution in [-0.4, -0.2) is 47.5 Å². The molecule has 0 aliphatic carbocycles. The second-order valence-corrected chi connectivity index (χ2v) is 4.20. The van der Waals surface area contributed by atoms with Crippen molar-refractivity contribution in [3.05, 3.63) is 24.3 Å². The Balaban J connectivity index is 1.66. The summed E-state index contributed by atoms with van der Waals surface area (Å²) in [5.74, 6) is 0.544.